The largest absolute Gasteiger partial charge is 0.410 e. The maximum absolute atomic E-state index is 12.3. The van der Waals surface area contributed by atoms with E-state index < -0.39 is 18.2 Å². The number of sulfone groups is 1. The van der Waals surface area contributed by atoms with Crippen molar-refractivity contribution in [2.75, 3.05) is 10.2 Å². The van der Waals surface area contributed by atoms with Gasteiger partial charge in [-0.25, -0.2) is 8.42 Å². The van der Waals surface area contributed by atoms with Crippen LogP contribution in [-0.2, 0) is 14.3 Å². The van der Waals surface area contributed by atoms with Crippen molar-refractivity contribution >= 4 is 40.7 Å². The first-order chi connectivity index (χ1) is 10.5. The van der Waals surface area contributed by atoms with E-state index in [9.17, 15) is 8.42 Å². The van der Waals surface area contributed by atoms with E-state index in [2.05, 4.69) is 56.5 Å². The maximum Gasteiger partial charge on any atom is 0.192 e. The molecule has 0 heterocycles. The number of benzene rings is 1. The molecule has 1 rings (SSSR count). The van der Waals surface area contributed by atoms with Crippen LogP contribution < -0.4 is 0 Å². The lowest BCUT2D eigenvalue weighted by Gasteiger charge is -2.38. The fourth-order valence-corrected chi connectivity index (χ4v) is 4.95. The summed E-state index contributed by atoms with van der Waals surface area (Å²) in [5.41, 5.74) is 0. The summed E-state index contributed by atoms with van der Waals surface area (Å²) < 4.78 is 31.7. The molecule has 0 aliphatic rings. The Labute approximate surface area is 155 Å². The molecule has 23 heavy (non-hydrogen) atoms. The number of hydrogen-bond donors (Lipinski definition) is 0. The average Bonchev–Trinajstić information content (AvgIpc) is 2.45. The van der Waals surface area contributed by atoms with Crippen LogP contribution in [0.5, 0.6) is 0 Å². The Balaban J connectivity index is 2.75. The van der Waals surface area contributed by atoms with E-state index in [-0.39, 0.29) is 16.9 Å². The molecule has 3 nitrogen and oxygen atoms in total. The van der Waals surface area contributed by atoms with Crippen LogP contribution in [0.3, 0.4) is 0 Å². The van der Waals surface area contributed by atoms with Gasteiger partial charge in [0.25, 0.3) is 0 Å². The van der Waals surface area contributed by atoms with Crippen molar-refractivity contribution in [1.82, 2.24) is 0 Å². The van der Waals surface area contributed by atoms with E-state index in [1.807, 2.05) is 12.1 Å². The summed E-state index contributed by atoms with van der Waals surface area (Å²) in [5.74, 6) is 0.00498. The highest BCUT2D eigenvalue weighted by Gasteiger charge is 2.38. The van der Waals surface area contributed by atoms with Crippen LogP contribution in [0.1, 0.15) is 20.8 Å². The van der Waals surface area contributed by atoms with Crippen molar-refractivity contribution in [3.05, 3.63) is 42.5 Å². The maximum atomic E-state index is 12.3. The van der Waals surface area contributed by atoms with Gasteiger partial charge in [-0.05, 0) is 30.3 Å². The summed E-state index contributed by atoms with van der Waals surface area (Å²) in [4.78, 5) is 0.362. The molecule has 1 aromatic carbocycles. The number of halogens is 1. The zero-order chi connectivity index (χ0) is 17.7. The lowest BCUT2D eigenvalue weighted by molar-refractivity contribution is 0.250. The van der Waals surface area contributed by atoms with Gasteiger partial charge in [-0.1, -0.05) is 73.7 Å². The molecular weight excluding hydrogens is 439 g/mol. The molecule has 1 unspecified atom stereocenters. The molecule has 6 heteroatoms. The predicted molar refractivity (Wildman–Crippen MR) is 109 cm³/mol. The van der Waals surface area contributed by atoms with Gasteiger partial charge in [-0.15, -0.1) is 0 Å². The fourth-order valence-electron chi connectivity index (χ4n) is 1.74. The quantitative estimate of drug-likeness (QED) is 0.250. The van der Waals surface area contributed by atoms with Gasteiger partial charge in [-0.2, -0.15) is 0 Å². The first kappa shape index (κ1) is 20.9. The average molecular weight is 466 g/mol. The third-order valence-electron chi connectivity index (χ3n) is 4.17. The Kier molecular flexibility index (Phi) is 7.50. The van der Waals surface area contributed by atoms with Crippen LogP contribution in [0.15, 0.2) is 47.4 Å². The molecule has 1 atom stereocenters. The Morgan fingerprint density at radius 2 is 1.78 bits per heavy atom. The van der Waals surface area contributed by atoms with Crippen LogP contribution >= 0.6 is 22.6 Å². The van der Waals surface area contributed by atoms with Crippen LogP contribution in [0.25, 0.3) is 0 Å². The monoisotopic (exact) mass is 466 g/mol. The first-order valence-electron chi connectivity index (χ1n) is 7.68. The molecule has 0 N–H and O–H groups in total. The molecule has 0 aromatic heterocycles. The molecule has 130 valence electrons. The molecule has 0 bridgehead atoms. The number of rotatable bonds is 7. The summed E-state index contributed by atoms with van der Waals surface area (Å²) in [7, 11) is -5.12. The van der Waals surface area contributed by atoms with E-state index >= 15 is 0 Å². The summed E-state index contributed by atoms with van der Waals surface area (Å²) >= 11 is 2.29. The van der Waals surface area contributed by atoms with Gasteiger partial charge in [0.1, 0.15) is 0 Å². The predicted octanol–water partition coefficient (Wildman–Crippen LogP) is 4.84. The van der Waals surface area contributed by atoms with Crippen molar-refractivity contribution in [3.63, 3.8) is 0 Å². The topological polar surface area (TPSA) is 43.4 Å². The molecule has 0 amide bonds. The van der Waals surface area contributed by atoms with E-state index in [1.165, 1.54) is 0 Å². The summed E-state index contributed by atoms with van der Waals surface area (Å²) in [5, 5.41) is 0.140. The first-order valence-corrected chi connectivity index (χ1v) is 13.8. The second-order valence-corrected chi connectivity index (χ2v) is 14.8. The van der Waals surface area contributed by atoms with E-state index in [1.54, 1.807) is 30.3 Å². The van der Waals surface area contributed by atoms with E-state index in [4.69, 9.17) is 4.43 Å². The van der Waals surface area contributed by atoms with Gasteiger partial charge < -0.3 is 4.43 Å². The molecule has 1 aromatic rings. The van der Waals surface area contributed by atoms with Crippen LogP contribution in [0.4, 0.5) is 0 Å². The second-order valence-electron chi connectivity index (χ2n) is 7.09. The van der Waals surface area contributed by atoms with E-state index in [0.717, 1.165) is 4.43 Å². The molecule has 0 radical (unpaired) electrons. The normalized spacial score (nSPS) is 15.0. The highest BCUT2D eigenvalue weighted by molar-refractivity contribution is 14.1. The summed E-state index contributed by atoms with van der Waals surface area (Å²) in [6.07, 6.45) is 3.58. The molecule has 0 saturated carbocycles. The molecule has 0 aliphatic heterocycles. The Bertz CT molecular complexity index is 619. The van der Waals surface area contributed by atoms with Crippen molar-refractivity contribution in [1.29, 1.82) is 0 Å². The molecule has 0 spiro atoms. The fraction of sp³-hybridized carbons (Fsp3) is 0.529. The van der Waals surface area contributed by atoms with Gasteiger partial charge in [0.2, 0.25) is 0 Å². The number of alkyl halides is 1. The van der Waals surface area contributed by atoms with Crippen molar-refractivity contribution in [3.8, 4) is 0 Å². The highest BCUT2D eigenvalue weighted by atomic mass is 127. The SMILES string of the molecule is CC(C)(C)[Si](C)(C)OC(/C=C/CS(=O)(=O)c1ccccc1)CI. The minimum Gasteiger partial charge on any atom is -0.410 e. The van der Waals surface area contributed by atoms with E-state index in [0.29, 0.717) is 4.90 Å². The Hall–Kier alpha value is -0.183. The smallest absolute Gasteiger partial charge is 0.192 e. The Morgan fingerprint density at radius 1 is 1.22 bits per heavy atom. The zero-order valence-corrected chi connectivity index (χ0v) is 18.5. The van der Waals surface area contributed by atoms with Crippen molar-refractivity contribution < 1.29 is 12.8 Å². The highest BCUT2D eigenvalue weighted by Crippen LogP contribution is 2.37. The minimum absolute atomic E-state index is 0.00498. The van der Waals surface area contributed by atoms with Crippen LogP contribution in [0, 0.1) is 0 Å². The number of hydrogen-bond acceptors (Lipinski definition) is 3. The molecular formula is C17H27IO3SSi. The van der Waals surface area contributed by atoms with Gasteiger partial charge in [0.05, 0.1) is 16.8 Å². The molecule has 0 fully saturated rings. The third-order valence-corrected chi connectivity index (χ3v) is 11.2. The van der Waals surface area contributed by atoms with Gasteiger partial charge >= 0.3 is 0 Å². The van der Waals surface area contributed by atoms with Gasteiger partial charge in [0, 0.05) is 4.43 Å². The molecule has 0 saturated heterocycles. The summed E-state index contributed by atoms with van der Waals surface area (Å²) in [6, 6.07) is 8.56. The molecule has 0 aliphatic carbocycles. The standard InChI is InChI=1S/C17H27IO3SSi/c1-17(2,3)23(4,5)21-15(14-18)10-9-13-22(19,20)16-11-7-6-8-12-16/h6-12,15H,13-14H2,1-5H3/b10-9+. The zero-order valence-electron chi connectivity index (χ0n) is 14.5. The van der Waals surface area contributed by atoms with Crippen LogP contribution in [0.2, 0.25) is 18.1 Å². The lowest BCUT2D eigenvalue weighted by Crippen LogP contribution is -2.43. The van der Waals surface area contributed by atoms with Gasteiger partial charge in [0.15, 0.2) is 18.2 Å². The minimum atomic E-state index is -3.27. The lowest BCUT2D eigenvalue weighted by atomic mass is 10.2. The Morgan fingerprint density at radius 3 is 2.26 bits per heavy atom. The third kappa shape index (κ3) is 6.32. The second kappa shape index (κ2) is 8.27. The van der Waals surface area contributed by atoms with Crippen molar-refractivity contribution in [2.24, 2.45) is 0 Å². The summed E-state index contributed by atoms with van der Waals surface area (Å²) in [6.45, 7) is 11.0. The van der Waals surface area contributed by atoms with Crippen molar-refractivity contribution in [2.45, 2.75) is 49.9 Å². The van der Waals surface area contributed by atoms with Crippen LogP contribution in [-0.4, -0.2) is 33.0 Å². The van der Waals surface area contributed by atoms with Gasteiger partial charge in [-0.3, -0.25) is 0 Å².